The lowest BCUT2D eigenvalue weighted by Crippen LogP contribution is -2.50. The van der Waals surface area contributed by atoms with Crippen LogP contribution >= 0.6 is 11.3 Å². The van der Waals surface area contributed by atoms with E-state index in [-0.39, 0.29) is 29.7 Å². The maximum atomic E-state index is 14.0. The SMILES string of the molecule is CCOC(=O)Cc1csc(NC(=O)c2nc3ccccc3n(C3C[C@H]4CC[C@@H](C3)N4C3CCCCCCC3)c2=O)n1. The number of hydrogen-bond donors (Lipinski definition) is 1. The number of benzene rings is 1. The molecule has 41 heavy (non-hydrogen) atoms. The van der Waals surface area contributed by atoms with Gasteiger partial charge in [-0.2, -0.15) is 0 Å². The maximum Gasteiger partial charge on any atom is 0.311 e. The smallest absolute Gasteiger partial charge is 0.311 e. The van der Waals surface area contributed by atoms with Crippen LogP contribution in [0.1, 0.15) is 99.8 Å². The number of amides is 1. The highest BCUT2D eigenvalue weighted by Crippen LogP contribution is 2.44. The normalized spacial score (nSPS) is 23.7. The van der Waals surface area contributed by atoms with E-state index >= 15 is 0 Å². The topological polar surface area (TPSA) is 106 Å². The Bertz CT molecular complexity index is 1450. The highest BCUT2D eigenvalue weighted by atomic mass is 32.1. The summed E-state index contributed by atoms with van der Waals surface area (Å²) in [7, 11) is 0. The van der Waals surface area contributed by atoms with Crippen molar-refractivity contribution in [3.8, 4) is 0 Å². The number of ether oxygens (including phenoxy) is 1. The second-order valence-corrected chi connectivity index (χ2v) is 12.5. The standard InChI is InChI=1S/C31H39N5O4S/c1-2-40-27(37)16-20-19-41-31(32-20)34-29(38)28-30(39)36(26-13-9-8-12-25(26)33-28)24-17-22-14-15-23(18-24)35(22)21-10-6-4-3-5-7-11-21/h8-9,12-13,19,21-24H,2-7,10-11,14-18H2,1H3,(H,32,34,38)/t22-,23+,24?. The summed E-state index contributed by atoms with van der Waals surface area (Å²) in [6, 6.07) is 9.26. The van der Waals surface area contributed by atoms with Gasteiger partial charge in [-0.05, 0) is 57.6 Å². The largest absolute Gasteiger partial charge is 0.466 e. The lowest BCUT2D eigenvalue weighted by Gasteiger charge is -2.45. The van der Waals surface area contributed by atoms with Crippen LogP contribution in [0.2, 0.25) is 0 Å². The molecule has 2 aromatic heterocycles. The fraction of sp³-hybridized carbons (Fsp3) is 0.581. The summed E-state index contributed by atoms with van der Waals surface area (Å²) in [6.45, 7) is 2.05. The van der Waals surface area contributed by atoms with E-state index in [1.54, 1.807) is 12.3 Å². The van der Waals surface area contributed by atoms with Gasteiger partial charge in [-0.1, -0.05) is 44.2 Å². The van der Waals surface area contributed by atoms with E-state index in [4.69, 9.17) is 4.74 Å². The molecule has 9 nitrogen and oxygen atoms in total. The van der Waals surface area contributed by atoms with Crippen molar-refractivity contribution in [1.82, 2.24) is 19.4 Å². The van der Waals surface area contributed by atoms with Gasteiger partial charge in [-0.15, -0.1) is 11.3 Å². The average Bonchev–Trinajstić information content (AvgIpc) is 3.48. The first-order chi connectivity index (χ1) is 20.0. The van der Waals surface area contributed by atoms with E-state index in [0.717, 1.165) is 18.4 Å². The van der Waals surface area contributed by atoms with E-state index in [1.165, 1.54) is 69.1 Å². The van der Waals surface area contributed by atoms with Gasteiger partial charge in [0.1, 0.15) is 0 Å². The molecular weight excluding hydrogens is 538 g/mol. The number of para-hydroxylation sites is 2. The Morgan fingerprint density at radius 3 is 2.39 bits per heavy atom. The van der Waals surface area contributed by atoms with Gasteiger partial charge in [0, 0.05) is 29.5 Å². The minimum atomic E-state index is -0.582. The van der Waals surface area contributed by atoms with Crippen molar-refractivity contribution in [1.29, 1.82) is 0 Å². The molecule has 1 aromatic carbocycles. The van der Waals surface area contributed by atoms with Crippen molar-refractivity contribution in [3.05, 3.63) is 51.4 Å². The minimum Gasteiger partial charge on any atom is -0.466 e. The molecule has 3 aliphatic rings. The number of nitrogens with zero attached hydrogens (tertiary/aromatic N) is 4. The highest BCUT2D eigenvalue weighted by Gasteiger charge is 2.44. The molecule has 1 amide bonds. The van der Waals surface area contributed by atoms with E-state index in [0.29, 0.717) is 41.1 Å². The Kier molecular flexibility index (Phi) is 8.48. The Balaban J connectivity index is 1.25. The van der Waals surface area contributed by atoms with Gasteiger partial charge in [0.15, 0.2) is 10.8 Å². The summed E-state index contributed by atoms with van der Waals surface area (Å²) >= 11 is 1.21. The molecule has 2 bridgehead atoms. The van der Waals surface area contributed by atoms with E-state index in [9.17, 15) is 14.4 Å². The number of carbonyl (C=O) groups is 2. The third-order valence-electron chi connectivity index (χ3n) is 9.04. The number of esters is 1. The van der Waals surface area contributed by atoms with Crippen LogP contribution in [-0.4, -0.2) is 56.0 Å². The lowest BCUT2D eigenvalue weighted by molar-refractivity contribution is -0.142. The molecule has 4 heterocycles. The summed E-state index contributed by atoms with van der Waals surface area (Å²) in [6.07, 6.45) is 13.5. The summed E-state index contributed by atoms with van der Waals surface area (Å²) in [5, 5.41) is 4.77. The zero-order chi connectivity index (χ0) is 28.3. The fourth-order valence-corrected chi connectivity index (χ4v) is 8.06. The van der Waals surface area contributed by atoms with Gasteiger partial charge in [0.05, 0.1) is 29.8 Å². The molecule has 218 valence electrons. The second kappa shape index (κ2) is 12.4. The predicted octanol–water partition coefficient (Wildman–Crippen LogP) is 5.49. The maximum absolute atomic E-state index is 14.0. The zero-order valence-corrected chi connectivity index (χ0v) is 24.5. The van der Waals surface area contributed by atoms with Crippen molar-refractivity contribution in [2.24, 2.45) is 0 Å². The molecule has 2 aliphatic heterocycles. The van der Waals surface area contributed by atoms with E-state index in [1.807, 2.05) is 28.8 Å². The minimum absolute atomic E-state index is 0.0281. The number of aromatic nitrogens is 3. The third kappa shape index (κ3) is 5.95. The molecule has 1 saturated carbocycles. The number of piperidine rings is 1. The number of anilines is 1. The molecule has 1 N–H and O–H groups in total. The van der Waals surface area contributed by atoms with Crippen molar-refractivity contribution < 1.29 is 14.3 Å². The lowest BCUT2D eigenvalue weighted by atomic mass is 9.89. The number of nitrogens with one attached hydrogen (secondary N) is 1. The first kappa shape index (κ1) is 28.0. The number of hydrogen-bond acceptors (Lipinski definition) is 8. The van der Waals surface area contributed by atoms with Crippen LogP contribution in [0.5, 0.6) is 0 Å². The van der Waals surface area contributed by atoms with Crippen molar-refractivity contribution in [2.75, 3.05) is 11.9 Å². The Hall–Kier alpha value is -3.11. The van der Waals surface area contributed by atoms with Crippen LogP contribution in [0.15, 0.2) is 34.4 Å². The summed E-state index contributed by atoms with van der Waals surface area (Å²) in [5.74, 6) is -0.953. The Labute approximate surface area is 244 Å². The third-order valence-corrected chi connectivity index (χ3v) is 9.85. The van der Waals surface area contributed by atoms with Crippen LogP contribution in [0.4, 0.5) is 5.13 Å². The van der Waals surface area contributed by atoms with Gasteiger partial charge in [-0.25, -0.2) is 9.97 Å². The van der Waals surface area contributed by atoms with Gasteiger partial charge in [0.25, 0.3) is 11.5 Å². The summed E-state index contributed by atoms with van der Waals surface area (Å²) in [5.41, 5.74) is 1.45. The number of carbonyl (C=O) groups excluding carboxylic acids is 2. The molecule has 10 heteroatoms. The summed E-state index contributed by atoms with van der Waals surface area (Å²) in [4.78, 5) is 50.9. The molecule has 3 atom stereocenters. The van der Waals surface area contributed by atoms with Gasteiger partial charge >= 0.3 is 5.97 Å². The van der Waals surface area contributed by atoms with E-state index in [2.05, 4.69) is 20.2 Å². The van der Waals surface area contributed by atoms with E-state index < -0.39 is 5.91 Å². The number of rotatable bonds is 7. The summed E-state index contributed by atoms with van der Waals surface area (Å²) < 4.78 is 6.84. The second-order valence-electron chi connectivity index (χ2n) is 11.7. The highest BCUT2D eigenvalue weighted by molar-refractivity contribution is 7.14. The van der Waals surface area contributed by atoms with Crippen LogP contribution in [0.3, 0.4) is 0 Å². The van der Waals surface area contributed by atoms with Crippen molar-refractivity contribution >= 4 is 39.4 Å². The van der Waals surface area contributed by atoms with Crippen LogP contribution in [-0.2, 0) is 16.0 Å². The molecule has 3 aromatic rings. The van der Waals surface area contributed by atoms with Crippen LogP contribution in [0, 0.1) is 0 Å². The molecular formula is C31H39N5O4S. The van der Waals surface area contributed by atoms with Gasteiger partial charge in [0.2, 0.25) is 0 Å². The quantitative estimate of drug-likeness (QED) is 0.370. The molecule has 3 fully saturated rings. The first-order valence-electron chi connectivity index (χ1n) is 15.2. The van der Waals surface area contributed by atoms with Gasteiger partial charge in [-0.3, -0.25) is 24.6 Å². The fourth-order valence-electron chi connectivity index (χ4n) is 7.35. The Morgan fingerprint density at radius 2 is 1.66 bits per heavy atom. The monoisotopic (exact) mass is 577 g/mol. The Morgan fingerprint density at radius 1 is 0.951 bits per heavy atom. The average molecular weight is 578 g/mol. The van der Waals surface area contributed by atoms with Gasteiger partial charge < -0.3 is 9.30 Å². The van der Waals surface area contributed by atoms with Crippen LogP contribution < -0.4 is 10.9 Å². The number of thiazole rings is 1. The molecule has 0 radical (unpaired) electrons. The number of fused-ring (bicyclic) bond motifs is 3. The zero-order valence-electron chi connectivity index (χ0n) is 23.7. The molecule has 2 saturated heterocycles. The van der Waals surface area contributed by atoms with Crippen LogP contribution in [0.25, 0.3) is 11.0 Å². The molecule has 1 aliphatic carbocycles. The van der Waals surface area contributed by atoms with Crippen molar-refractivity contribution in [2.45, 2.75) is 108 Å². The first-order valence-corrected chi connectivity index (χ1v) is 16.1. The molecule has 6 rings (SSSR count). The molecule has 1 unspecified atom stereocenters. The predicted molar refractivity (Wildman–Crippen MR) is 159 cm³/mol. The van der Waals surface area contributed by atoms with Crippen molar-refractivity contribution in [3.63, 3.8) is 0 Å². The molecule has 0 spiro atoms.